The van der Waals surface area contributed by atoms with Crippen LogP contribution < -0.4 is 4.72 Å². The van der Waals surface area contributed by atoms with Crippen molar-refractivity contribution in [3.63, 3.8) is 0 Å². The Hall–Kier alpha value is -1.12. The van der Waals surface area contributed by atoms with Crippen molar-refractivity contribution < 1.29 is 26.7 Å². The standard InChI is InChI=1S/C14H20F3NO3S/c1-11(19)9-13(12-5-3-2-4-6-12)10-18-22(20,21)8-7-14(15,16)17/h2-6,11,13,18-19H,7-10H2,1H3/t11-,13-/m1/s1. The van der Waals surface area contributed by atoms with Crippen molar-refractivity contribution in [1.29, 1.82) is 0 Å². The summed E-state index contributed by atoms with van der Waals surface area (Å²) in [6, 6.07) is 8.94. The molecule has 1 rings (SSSR count). The molecule has 8 heteroatoms. The summed E-state index contributed by atoms with van der Waals surface area (Å²) in [5, 5.41) is 9.50. The number of rotatable bonds is 8. The molecule has 1 aromatic carbocycles. The summed E-state index contributed by atoms with van der Waals surface area (Å²) in [4.78, 5) is 0. The van der Waals surface area contributed by atoms with Gasteiger partial charge in [0.15, 0.2) is 0 Å². The van der Waals surface area contributed by atoms with Gasteiger partial charge in [0, 0.05) is 6.54 Å². The second kappa shape index (κ2) is 7.94. The van der Waals surface area contributed by atoms with Crippen LogP contribution in [-0.4, -0.2) is 38.1 Å². The predicted octanol–water partition coefficient (Wildman–Crippen LogP) is 2.41. The molecule has 0 unspecified atom stereocenters. The molecule has 0 aliphatic rings. The van der Waals surface area contributed by atoms with E-state index in [1.165, 1.54) is 0 Å². The molecule has 0 saturated carbocycles. The number of hydrogen-bond donors (Lipinski definition) is 2. The zero-order chi connectivity index (χ0) is 16.8. The van der Waals surface area contributed by atoms with Crippen molar-refractivity contribution >= 4 is 10.0 Å². The number of benzene rings is 1. The maximum atomic E-state index is 12.1. The largest absolute Gasteiger partial charge is 0.393 e. The molecule has 0 aliphatic heterocycles. The van der Waals surface area contributed by atoms with Crippen LogP contribution in [0, 0.1) is 0 Å². The monoisotopic (exact) mass is 339 g/mol. The molecule has 0 aromatic heterocycles. The molecule has 0 radical (unpaired) electrons. The first-order chi connectivity index (χ1) is 10.1. The van der Waals surface area contributed by atoms with Gasteiger partial charge in [0.05, 0.1) is 18.3 Å². The number of hydrogen-bond acceptors (Lipinski definition) is 3. The van der Waals surface area contributed by atoms with Crippen molar-refractivity contribution in [2.45, 2.75) is 38.0 Å². The van der Waals surface area contributed by atoms with Gasteiger partial charge >= 0.3 is 6.18 Å². The smallest absolute Gasteiger partial charge is 0.390 e. The van der Waals surface area contributed by atoms with Gasteiger partial charge < -0.3 is 5.11 Å². The second-order valence-corrected chi connectivity index (χ2v) is 7.15. The summed E-state index contributed by atoms with van der Waals surface area (Å²) < 4.78 is 61.7. The Balaban J connectivity index is 2.67. The van der Waals surface area contributed by atoms with E-state index in [9.17, 15) is 26.7 Å². The molecule has 0 heterocycles. The third-order valence-corrected chi connectivity index (χ3v) is 4.45. The molecule has 1 aromatic rings. The quantitative estimate of drug-likeness (QED) is 0.764. The molecule has 0 saturated heterocycles. The van der Waals surface area contributed by atoms with E-state index in [2.05, 4.69) is 4.72 Å². The maximum absolute atomic E-state index is 12.1. The lowest BCUT2D eigenvalue weighted by Gasteiger charge is -2.20. The van der Waals surface area contributed by atoms with E-state index in [0.717, 1.165) is 5.56 Å². The van der Waals surface area contributed by atoms with E-state index in [1.807, 2.05) is 0 Å². The van der Waals surface area contributed by atoms with E-state index < -0.39 is 34.5 Å². The minimum Gasteiger partial charge on any atom is -0.393 e. The second-order valence-electron chi connectivity index (χ2n) is 5.22. The zero-order valence-electron chi connectivity index (χ0n) is 12.2. The van der Waals surface area contributed by atoms with Gasteiger partial charge in [-0.15, -0.1) is 0 Å². The fraction of sp³-hybridized carbons (Fsp3) is 0.571. The van der Waals surface area contributed by atoms with E-state index in [4.69, 9.17) is 0 Å². The molecule has 0 aliphatic carbocycles. The summed E-state index contributed by atoms with van der Waals surface area (Å²) in [5.74, 6) is -1.30. The van der Waals surface area contributed by atoms with Crippen LogP contribution in [0.15, 0.2) is 30.3 Å². The lowest BCUT2D eigenvalue weighted by atomic mass is 9.94. The number of aliphatic hydroxyl groups is 1. The minimum atomic E-state index is -4.51. The van der Waals surface area contributed by atoms with Crippen LogP contribution in [0.3, 0.4) is 0 Å². The lowest BCUT2D eigenvalue weighted by Crippen LogP contribution is -2.33. The van der Waals surface area contributed by atoms with Crippen LogP contribution in [0.5, 0.6) is 0 Å². The van der Waals surface area contributed by atoms with E-state index in [-0.39, 0.29) is 12.5 Å². The Bertz CT molecular complexity index is 544. The fourth-order valence-corrected chi connectivity index (χ4v) is 3.12. The van der Waals surface area contributed by atoms with Crippen LogP contribution in [0.4, 0.5) is 13.2 Å². The minimum absolute atomic E-state index is 0.0465. The van der Waals surface area contributed by atoms with Gasteiger partial charge in [-0.2, -0.15) is 13.2 Å². The summed E-state index contributed by atoms with van der Waals surface area (Å²) in [6.07, 6.45) is -6.22. The van der Waals surface area contributed by atoms with Crippen LogP contribution in [-0.2, 0) is 10.0 Å². The predicted molar refractivity (Wildman–Crippen MR) is 77.9 cm³/mol. The molecule has 0 bridgehead atoms. The Kier molecular flexibility index (Phi) is 6.83. The van der Waals surface area contributed by atoms with Crippen molar-refractivity contribution in [3.8, 4) is 0 Å². The number of aliphatic hydroxyl groups excluding tert-OH is 1. The average molecular weight is 339 g/mol. The highest BCUT2D eigenvalue weighted by Gasteiger charge is 2.30. The Labute approximate surface area is 128 Å². The van der Waals surface area contributed by atoms with E-state index >= 15 is 0 Å². The molecule has 2 atom stereocenters. The van der Waals surface area contributed by atoms with Crippen molar-refractivity contribution in [1.82, 2.24) is 4.72 Å². The third-order valence-electron chi connectivity index (χ3n) is 3.10. The number of alkyl halides is 3. The average Bonchev–Trinajstić information content (AvgIpc) is 2.41. The number of halogens is 3. The zero-order valence-corrected chi connectivity index (χ0v) is 13.0. The van der Waals surface area contributed by atoms with E-state index in [1.54, 1.807) is 37.3 Å². The van der Waals surface area contributed by atoms with E-state index in [0.29, 0.717) is 6.42 Å². The van der Waals surface area contributed by atoms with Crippen LogP contribution >= 0.6 is 0 Å². The Morgan fingerprint density at radius 3 is 2.32 bits per heavy atom. The van der Waals surface area contributed by atoms with Gasteiger partial charge in [0.25, 0.3) is 0 Å². The molecular weight excluding hydrogens is 319 g/mol. The number of nitrogens with one attached hydrogen (secondary N) is 1. The molecule has 4 nitrogen and oxygen atoms in total. The van der Waals surface area contributed by atoms with Gasteiger partial charge in [0.1, 0.15) is 0 Å². The van der Waals surface area contributed by atoms with Crippen LogP contribution in [0.2, 0.25) is 0 Å². The van der Waals surface area contributed by atoms with Crippen molar-refractivity contribution in [2.24, 2.45) is 0 Å². The number of sulfonamides is 1. The molecular formula is C14H20F3NO3S. The summed E-state index contributed by atoms with van der Waals surface area (Å²) in [6.45, 7) is 1.53. The third kappa shape index (κ3) is 7.77. The SMILES string of the molecule is C[C@@H](O)C[C@H](CNS(=O)(=O)CCC(F)(F)F)c1ccccc1. The molecule has 0 amide bonds. The van der Waals surface area contributed by atoms with Crippen LogP contribution in [0.1, 0.15) is 31.2 Å². The molecule has 0 spiro atoms. The normalized spacial score (nSPS) is 15.5. The van der Waals surface area contributed by atoms with Gasteiger partial charge in [-0.1, -0.05) is 30.3 Å². The highest BCUT2D eigenvalue weighted by atomic mass is 32.2. The summed E-state index contributed by atoms with van der Waals surface area (Å²) in [7, 11) is -4.01. The highest BCUT2D eigenvalue weighted by molar-refractivity contribution is 7.89. The fourth-order valence-electron chi connectivity index (χ4n) is 2.02. The van der Waals surface area contributed by atoms with Crippen LogP contribution in [0.25, 0.3) is 0 Å². The lowest BCUT2D eigenvalue weighted by molar-refractivity contribution is -0.129. The maximum Gasteiger partial charge on any atom is 0.390 e. The van der Waals surface area contributed by atoms with Crippen molar-refractivity contribution in [3.05, 3.63) is 35.9 Å². The van der Waals surface area contributed by atoms with Crippen molar-refractivity contribution in [2.75, 3.05) is 12.3 Å². The molecule has 22 heavy (non-hydrogen) atoms. The molecule has 2 N–H and O–H groups in total. The molecule has 0 fully saturated rings. The Morgan fingerprint density at radius 1 is 1.23 bits per heavy atom. The van der Waals surface area contributed by atoms with Gasteiger partial charge in [-0.25, -0.2) is 13.1 Å². The summed E-state index contributed by atoms with van der Waals surface area (Å²) >= 11 is 0. The van der Waals surface area contributed by atoms with Gasteiger partial charge in [-0.3, -0.25) is 0 Å². The van der Waals surface area contributed by atoms with Gasteiger partial charge in [0.2, 0.25) is 10.0 Å². The first kappa shape index (κ1) is 18.9. The summed E-state index contributed by atoms with van der Waals surface area (Å²) in [5.41, 5.74) is 0.821. The van der Waals surface area contributed by atoms with Gasteiger partial charge in [-0.05, 0) is 24.8 Å². The molecule has 126 valence electrons. The Morgan fingerprint density at radius 2 is 1.82 bits per heavy atom. The topological polar surface area (TPSA) is 66.4 Å². The first-order valence-corrected chi connectivity index (χ1v) is 8.51. The highest BCUT2D eigenvalue weighted by Crippen LogP contribution is 2.22. The first-order valence-electron chi connectivity index (χ1n) is 6.86.